The predicted molar refractivity (Wildman–Crippen MR) is 128 cm³/mol. The third kappa shape index (κ3) is 4.19. The highest BCUT2D eigenvalue weighted by Gasteiger charge is 2.66. The van der Waals surface area contributed by atoms with Gasteiger partial charge in [0.25, 0.3) is 5.91 Å². The summed E-state index contributed by atoms with van der Waals surface area (Å²) in [6.07, 6.45) is -2.29. The second kappa shape index (κ2) is 8.61. The molecule has 0 radical (unpaired) electrons. The molecule has 1 aromatic rings. The van der Waals surface area contributed by atoms with Crippen LogP contribution in [0, 0.1) is 5.41 Å². The smallest absolute Gasteiger partial charge is 0.416 e. The number of hydrogen-bond donors (Lipinski definition) is 1. The van der Waals surface area contributed by atoms with E-state index < -0.39 is 40.3 Å². The van der Waals surface area contributed by atoms with Gasteiger partial charge in [-0.25, -0.2) is 9.79 Å². The van der Waals surface area contributed by atoms with Crippen LogP contribution in [0.2, 0.25) is 0 Å². The fourth-order valence-electron chi connectivity index (χ4n) is 5.76. The van der Waals surface area contributed by atoms with Crippen LogP contribution < -0.4 is 5.32 Å². The van der Waals surface area contributed by atoms with Crippen LogP contribution in [0.3, 0.4) is 0 Å². The lowest BCUT2D eigenvalue weighted by Gasteiger charge is -2.45. The number of carbonyl (C=O) groups excluding carboxylic acids is 2. The van der Waals surface area contributed by atoms with Crippen molar-refractivity contribution in [1.29, 1.82) is 0 Å². The van der Waals surface area contributed by atoms with Gasteiger partial charge >= 0.3 is 12.3 Å². The topological polar surface area (TPSA) is 80.2 Å². The van der Waals surface area contributed by atoms with Gasteiger partial charge in [0.1, 0.15) is 5.60 Å². The van der Waals surface area contributed by atoms with Gasteiger partial charge in [-0.1, -0.05) is 18.7 Å². The number of hydrogen-bond acceptors (Lipinski definition) is 5. The summed E-state index contributed by atoms with van der Waals surface area (Å²) in [6.45, 7) is 8.38. The zero-order valence-electron chi connectivity index (χ0n) is 21.2. The van der Waals surface area contributed by atoms with E-state index in [0.717, 1.165) is 5.56 Å². The maximum absolute atomic E-state index is 14.0. The Morgan fingerprint density at radius 3 is 2.42 bits per heavy atom. The summed E-state index contributed by atoms with van der Waals surface area (Å²) in [4.78, 5) is 32.6. The molecule has 2 amide bonds. The van der Waals surface area contributed by atoms with Gasteiger partial charge in [0.15, 0.2) is 5.54 Å². The van der Waals surface area contributed by atoms with Crippen molar-refractivity contribution < 1.29 is 32.2 Å². The quantitative estimate of drug-likeness (QED) is 0.615. The molecule has 1 saturated carbocycles. The Bertz CT molecular complexity index is 1130. The molecule has 1 unspecified atom stereocenters. The molecule has 7 nitrogen and oxygen atoms in total. The van der Waals surface area contributed by atoms with Crippen molar-refractivity contribution in [2.45, 2.75) is 76.3 Å². The van der Waals surface area contributed by atoms with Crippen molar-refractivity contribution in [3.63, 3.8) is 0 Å². The molecular formula is C26H32F3N3O4. The average molecular weight is 508 g/mol. The number of carbonyl (C=O) groups is 2. The van der Waals surface area contributed by atoms with Crippen LogP contribution in [0.4, 0.5) is 18.0 Å². The van der Waals surface area contributed by atoms with Crippen LogP contribution in [-0.2, 0) is 26.2 Å². The Morgan fingerprint density at radius 2 is 1.86 bits per heavy atom. The second-order valence-electron chi connectivity index (χ2n) is 10.9. The van der Waals surface area contributed by atoms with Crippen LogP contribution >= 0.6 is 0 Å². The summed E-state index contributed by atoms with van der Waals surface area (Å²) < 4.78 is 51.3. The first kappa shape index (κ1) is 26.2. The van der Waals surface area contributed by atoms with Gasteiger partial charge in [-0.2, -0.15) is 13.2 Å². The van der Waals surface area contributed by atoms with Crippen LogP contribution in [0.15, 0.2) is 29.8 Å². The lowest BCUT2D eigenvalue weighted by atomic mass is 9.61. The highest BCUT2D eigenvalue weighted by atomic mass is 19.4. The van der Waals surface area contributed by atoms with Gasteiger partial charge < -0.3 is 9.47 Å². The average Bonchev–Trinajstić information content (AvgIpc) is 3.18. The maximum atomic E-state index is 14.0. The number of alkyl halides is 3. The number of halogens is 3. The van der Waals surface area contributed by atoms with Gasteiger partial charge in [-0.05, 0) is 75.6 Å². The van der Waals surface area contributed by atoms with Crippen molar-refractivity contribution in [3.05, 3.63) is 41.5 Å². The molecule has 4 rings (SSSR count). The van der Waals surface area contributed by atoms with E-state index in [1.54, 1.807) is 33.9 Å². The van der Waals surface area contributed by atoms with Crippen LogP contribution in [0.5, 0.6) is 0 Å². The van der Waals surface area contributed by atoms with E-state index in [9.17, 15) is 22.8 Å². The minimum atomic E-state index is -4.61. The Labute approximate surface area is 208 Å². The highest BCUT2D eigenvalue weighted by Crippen LogP contribution is 2.62. The third-order valence-corrected chi connectivity index (χ3v) is 7.53. The van der Waals surface area contributed by atoms with Crippen LogP contribution in [0.25, 0.3) is 5.57 Å². The summed E-state index contributed by atoms with van der Waals surface area (Å²) in [7, 11) is 3.14. The summed E-state index contributed by atoms with van der Waals surface area (Å²) in [5.74, 6) is -0.381. The molecule has 1 aliphatic heterocycles. The molecule has 36 heavy (non-hydrogen) atoms. The van der Waals surface area contributed by atoms with E-state index in [1.165, 1.54) is 24.1 Å². The normalized spacial score (nSPS) is 27.9. The molecule has 1 fully saturated rings. The zero-order valence-corrected chi connectivity index (χ0v) is 21.2. The number of benzene rings is 1. The SMILES string of the molecule is C=C(c1ccc2c(c1)C1(N=C(NC(=O)OC(C)(C)C)N(C)C1=O)C1(CCC(OC)CC1)C2)C(F)(F)F. The number of rotatable bonds is 2. The van der Waals surface area contributed by atoms with E-state index in [4.69, 9.17) is 14.5 Å². The lowest BCUT2D eigenvalue weighted by molar-refractivity contribution is -0.137. The Kier molecular flexibility index (Phi) is 6.26. The first-order chi connectivity index (χ1) is 16.6. The summed E-state index contributed by atoms with van der Waals surface area (Å²) >= 11 is 0. The van der Waals surface area contributed by atoms with Gasteiger partial charge in [0, 0.05) is 19.6 Å². The number of allylic oxidation sites excluding steroid dienone is 1. The number of aliphatic imine (C=N–C) groups is 1. The molecule has 1 N–H and O–H groups in total. The fourth-order valence-corrected chi connectivity index (χ4v) is 5.76. The van der Waals surface area contributed by atoms with Crippen LogP contribution in [-0.4, -0.2) is 54.9 Å². The van der Waals surface area contributed by atoms with E-state index in [-0.39, 0.29) is 17.6 Å². The number of methoxy groups -OCH3 is 1. The van der Waals surface area contributed by atoms with Crippen molar-refractivity contribution >= 4 is 23.5 Å². The Hall–Kier alpha value is -2.88. The fraction of sp³-hybridized carbons (Fsp3) is 0.577. The molecule has 0 aromatic heterocycles. The largest absolute Gasteiger partial charge is 0.444 e. The predicted octanol–water partition coefficient (Wildman–Crippen LogP) is 4.94. The minimum Gasteiger partial charge on any atom is -0.444 e. The number of ether oxygens (including phenoxy) is 2. The standard InChI is InChI=1S/C26H32F3N3O4/c1-15(26(27,28)29)16-7-8-17-14-24(11-9-18(35-6)10-12-24)25(19(17)13-16)20(33)32(5)21(31-25)30-22(34)36-23(2,3)4/h7-8,13,18H,1,9-12,14H2,2-6H3,(H,30,31,34). The van der Waals surface area contributed by atoms with E-state index in [1.807, 2.05) is 0 Å². The van der Waals surface area contributed by atoms with Crippen molar-refractivity contribution in [2.24, 2.45) is 10.4 Å². The summed E-state index contributed by atoms with van der Waals surface area (Å²) in [5.41, 5.74) is -2.79. The number of alkyl carbamates (subject to hydrolysis) is 1. The van der Waals surface area contributed by atoms with Gasteiger partial charge in [-0.3, -0.25) is 15.0 Å². The molecule has 0 bridgehead atoms. The molecule has 10 heteroatoms. The molecule has 196 valence electrons. The van der Waals surface area contributed by atoms with Gasteiger partial charge in [0.05, 0.1) is 11.7 Å². The Balaban J connectivity index is 1.84. The van der Waals surface area contributed by atoms with E-state index in [2.05, 4.69) is 11.9 Å². The van der Waals surface area contributed by atoms with E-state index in [0.29, 0.717) is 37.7 Å². The molecule has 1 aromatic carbocycles. The second-order valence-corrected chi connectivity index (χ2v) is 10.9. The molecule has 1 heterocycles. The van der Waals surface area contributed by atoms with Crippen molar-refractivity contribution in [1.82, 2.24) is 10.2 Å². The van der Waals surface area contributed by atoms with Gasteiger partial charge in [0.2, 0.25) is 5.96 Å². The highest BCUT2D eigenvalue weighted by molar-refractivity contribution is 6.12. The molecule has 1 atom stereocenters. The minimum absolute atomic E-state index is 0.00962. The molecular weight excluding hydrogens is 475 g/mol. The van der Waals surface area contributed by atoms with Gasteiger partial charge in [-0.15, -0.1) is 0 Å². The number of likely N-dealkylation sites (N-methyl/N-ethyl adjacent to an activating group) is 1. The number of fused-ring (bicyclic) bond motifs is 3. The molecule has 0 saturated heterocycles. The lowest BCUT2D eigenvalue weighted by Crippen LogP contribution is -2.51. The van der Waals surface area contributed by atoms with Crippen molar-refractivity contribution in [3.8, 4) is 0 Å². The molecule has 2 aliphatic carbocycles. The first-order valence-corrected chi connectivity index (χ1v) is 11.9. The monoisotopic (exact) mass is 507 g/mol. The first-order valence-electron chi connectivity index (χ1n) is 11.9. The number of guanidine groups is 1. The van der Waals surface area contributed by atoms with Crippen LogP contribution in [0.1, 0.15) is 63.1 Å². The number of nitrogens with one attached hydrogen (secondary N) is 1. The van der Waals surface area contributed by atoms with E-state index >= 15 is 0 Å². The molecule has 3 aliphatic rings. The summed E-state index contributed by atoms with van der Waals surface area (Å²) in [5, 5.41) is 2.57. The van der Waals surface area contributed by atoms with Crippen molar-refractivity contribution in [2.75, 3.05) is 14.2 Å². The number of nitrogens with zero attached hydrogens (tertiary/aromatic N) is 2. The number of amides is 2. The molecule has 2 spiro atoms. The summed E-state index contributed by atoms with van der Waals surface area (Å²) in [6, 6.07) is 4.44. The maximum Gasteiger partial charge on any atom is 0.416 e. The third-order valence-electron chi connectivity index (χ3n) is 7.53. The zero-order chi connectivity index (χ0) is 26.7. The Morgan fingerprint density at radius 1 is 1.22 bits per heavy atom.